The topological polar surface area (TPSA) is 49.4 Å². The number of halogens is 1. The SMILES string of the molecule is CC(NC1CC(=O)N(C2CC2)C1=O)c1ccccc1Cl. The summed E-state index contributed by atoms with van der Waals surface area (Å²) in [7, 11) is 0. The molecule has 20 heavy (non-hydrogen) atoms. The lowest BCUT2D eigenvalue weighted by Gasteiger charge is -2.20. The average molecular weight is 293 g/mol. The van der Waals surface area contributed by atoms with Crippen LogP contribution < -0.4 is 5.32 Å². The second-order valence-electron chi connectivity index (χ2n) is 5.50. The Hall–Kier alpha value is -1.39. The second kappa shape index (κ2) is 5.19. The zero-order chi connectivity index (χ0) is 14.3. The number of hydrogen-bond acceptors (Lipinski definition) is 3. The van der Waals surface area contributed by atoms with Crippen LogP contribution in [0, 0.1) is 0 Å². The van der Waals surface area contributed by atoms with Crippen LogP contribution in [0.5, 0.6) is 0 Å². The van der Waals surface area contributed by atoms with Gasteiger partial charge >= 0.3 is 0 Å². The van der Waals surface area contributed by atoms with Crippen molar-refractivity contribution in [3.63, 3.8) is 0 Å². The van der Waals surface area contributed by atoms with Crippen LogP contribution in [0.25, 0.3) is 0 Å². The van der Waals surface area contributed by atoms with E-state index in [4.69, 9.17) is 11.6 Å². The highest BCUT2D eigenvalue weighted by atomic mass is 35.5. The molecule has 0 aromatic heterocycles. The predicted molar refractivity (Wildman–Crippen MR) is 76.3 cm³/mol. The van der Waals surface area contributed by atoms with E-state index >= 15 is 0 Å². The predicted octanol–water partition coefficient (Wildman–Crippen LogP) is 2.28. The van der Waals surface area contributed by atoms with Crippen LogP contribution in [0.3, 0.4) is 0 Å². The Kier molecular flexibility index (Phi) is 3.52. The Morgan fingerprint density at radius 3 is 2.65 bits per heavy atom. The number of nitrogens with zero attached hydrogens (tertiary/aromatic N) is 1. The van der Waals surface area contributed by atoms with Crippen molar-refractivity contribution in [2.75, 3.05) is 0 Å². The molecule has 0 radical (unpaired) electrons. The van der Waals surface area contributed by atoms with Crippen molar-refractivity contribution < 1.29 is 9.59 Å². The number of amides is 2. The van der Waals surface area contributed by atoms with Crippen molar-refractivity contribution in [2.45, 2.75) is 44.3 Å². The van der Waals surface area contributed by atoms with Gasteiger partial charge in [-0.25, -0.2) is 0 Å². The first-order valence-corrected chi connectivity index (χ1v) is 7.32. The summed E-state index contributed by atoms with van der Waals surface area (Å²) >= 11 is 6.16. The van der Waals surface area contributed by atoms with Gasteiger partial charge in [0.2, 0.25) is 11.8 Å². The number of imide groups is 1. The van der Waals surface area contributed by atoms with Crippen molar-refractivity contribution in [1.82, 2.24) is 10.2 Å². The number of likely N-dealkylation sites (tertiary alicyclic amines) is 1. The van der Waals surface area contributed by atoms with Gasteiger partial charge in [0.05, 0.1) is 12.5 Å². The molecule has 1 aliphatic carbocycles. The van der Waals surface area contributed by atoms with Crippen LogP contribution in [0.15, 0.2) is 24.3 Å². The van der Waals surface area contributed by atoms with Gasteiger partial charge in [-0.2, -0.15) is 0 Å². The van der Waals surface area contributed by atoms with E-state index in [9.17, 15) is 9.59 Å². The molecule has 1 aliphatic heterocycles. The molecule has 4 nitrogen and oxygen atoms in total. The molecule has 1 aromatic rings. The summed E-state index contributed by atoms with van der Waals surface area (Å²) < 4.78 is 0. The van der Waals surface area contributed by atoms with Gasteiger partial charge in [0.25, 0.3) is 0 Å². The largest absolute Gasteiger partial charge is 0.299 e. The van der Waals surface area contributed by atoms with Gasteiger partial charge in [0, 0.05) is 17.1 Å². The van der Waals surface area contributed by atoms with E-state index in [2.05, 4.69) is 5.32 Å². The summed E-state index contributed by atoms with van der Waals surface area (Å²) in [5, 5.41) is 3.90. The third-order valence-electron chi connectivity index (χ3n) is 3.92. The van der Waals surface area contributed by atoms with Crippen molar-refractivity contribution in [1.29, 1.82) is 0 Å². The highest BCUT2D eigenvalue weighted by molar-refractivity contribution is 6.31. The van der Waals surface area contributed by atoms with E-state index < -0.39 is 6.04 Å². The number of hydrogen-bond donors (Lipinski definition) is 1. The Balaban J connectivity index is 1.70. The summed E-state index contributed by atoms with van der Waals surface area (Å²) in [6, 6.07) is 7.21. The maximum Gasteiger partial charge on any atom is 0.247 e. The van der Waals surface area contributed by atoms with Gasteiger partial charge < -0.3 is 0 Å². The normalized spacial score (nSPS) is 24.3. The second-order valence-corrected chi connectivity index (χ2v) is 5.91. The number of carbonyl (C=O) groups excluding carboxylic acids is 2. The van der Waals surface area contributed by atoms with Crippen LogP contribution in [0.2, 0.25) is 5.02 Å². The van der Waals surface area contributed by atoms with Crippen LogP contribution in [-0.4, -0.2) is 28.8 Å². The highest BCUT2D eigenvalue weighted by Gasteiger charge is 2.46. The average Bonchev–Trinajstić information content (AvgIpc) is 3.19. The number of carbonyl (C=O) groups is 2. The Labute approximate surface area is 123 Å². The van der Waals surface area contributed by atoms with Crippen LogP contribution in [0.4, 0.5) is 0 Å². The monoisotopic (exact) mass is 292 g/mol. The van der Waals surface area contributed by atoms with E-state index in [1.165, 1.54) is 4.90 Å². The third kappa shape index (κ3) is 2.45. The zero-order valence-electron chi connectivity index (χ0n) is 11.3. The van der Waals surface area contributed by atoms with E-state index in [1.807, 2.05) is 31.2 Å². The zero-order valence-corrected chi connectivity index (χ0v) is 12.1. The summed E-state index contributed by atoms with van der Waals surface area (Å²) in [5.41, 5.74) is 0.944. The number of nitrogens with one attached hydrogen (secondary N) is 1. The maximum atomic E-state index is 12.3. The summed E-state index contributed by atoms with van der Waals surface area (Å²) in [6.07, 6.45) is 2.15. The molecule has 1 aromatic carbocycles. The van der Waals surface area contributed by atoms with Crippen molar-refractivity contribution >= 4 is 23.4 Å². The Bertz CT molecular complexity index is 557. The fraction of sp³-hybridized carbons (Fsp3) is 0.467. The first-order chi connectivity index (χ1) is 9.58. The Morgan fingerprint density at radius 1 is 1.30 bits per heavy atom. The van der Waals surface area contributed by atoms with E-state index in [0.29, 0.717) is 5.02 Å². The van der Waals surface area contributed by atoms with Crippen molar-refractivity contribution in [3.8, 4) is 0 Å². The molecule has 2 amide bonds. The van der Waals surface area contributed by atoms with Gasteiger partial charge in [0.1, 0.15) is 0 Å². The van der Waals surface area contributed by atoms with Gasteiger partial charge in [-0.05, 0) is 31.4 Å². The van der Waals surface area contributed by atoms with Gasteiger partial charge in [-0.15, -0.1) is 0 Å². The summed E-state index contributed by atoms with van der Waals surface area (Å²) in [4.78, 5) is 25.6. The molecule has 2 unspecified atom stereocenters. The molecular weight excluding hydrogens is 276 g/mol. The molecule has 5 heteroatoms. The summed E-state index contributed by atoms with van der Waals surface area (Å²) in [5.74, 6) is -0.141. The lowest BCUT2D eigenvalue weighted by molar-refractivity contribution is -0.139. The molecule has 0 bridgehead atoms. The third-order valence-corrected chi connectivity index (χ3v) is 4.26. The highest BCUT2D eigenvalue weighted by Crippen LogP contribution is 2.32. The fourth-order valence-electron chi connectivity index (χ4n) is 2.72. The van der Waals surface area contributed by atoms with Crippen LogP contribution in [-0.2, 0) is 9.59 Å². The standard InChI is InChI=1S/C15H17ClN2O2/c1-9(11-4-2-3-5-12(11)16)17-13-8-14(19)18(15(13)20)10-6-7-10/h2-5,9-10,13,17H,6-8H2,1H3. The molecule has 1 N–H and O–H groups in total. The minimum Gasteiger partial charge on any atom is -0.299 e. The molecule has 106 valence electrons. The summed E-state index contributed by atoms with van der Waals surface area (Å²) in [6.45, 7) is 1.96. The molecular formula is C15H17ClN2O2. The maximum absolute atomic E-state index is 12.3. The van der Waals surface area contributed by atoms with Gasteiger partial charge in [-0.3, -0.25) is 19.8 Å². The smallest absolute Gasteiger partial charge is 0.247 e. The molecule has 1 saturated heterocycles. The van der Waals surface area contributed by atoms with E-state index in [-0.39, 0.29) is 30.3 Å². The number of rotatable bonds is 4. The molecule has 2 aliphatic rings. The minimum atomic E-state index is -0.422. The minimum absolute atomic E-state index is 0.0543. The van der Waals surface area contributed by atoms with Gasteiger partial charge in [-0.1, -0.05) is 29.8 Å². The molecule has 1 saturated carbocycles. The van der Waals surface area contributed by atoms with Gasteiger partial charge in [0.15, 0.2) is 0 Å². The van der Waals surface area contributed by atoms with Crippen LogP contribution in [0.1, 0.15) is 37.8 Å². The lowest BCUT2D eigenvalue weighted by atomic mass is 10.1. The molecule has 1 heterocycles. The lowest BCUT2D eigenvalue weighted by Crippen LogP contribution is -2.40. The van der Waals surface area contributed by atoms with Crippen molar-refractivity contribution in [3.05, 3.63) is 34.9 Å². The molecule has 2 fully saturated rings. The quantitative estimate of drug-likeness (QED) is 0.866. The molecule has 2 atom stereocenters. The first kappa shape index (κ1) is 13.6. The Morgan fingerprint density at radius 2 is 2.00 bits per heavy atom. The van der Waals surface area contributed by atoms with E-state index in [1.54, 1.807) is 0 Å². The number of benzene rings is 1. The molecule has 3 rings (SSSR count). The fourth-order valence-corrected chi connectivity index (χ4v) is 3.01. The van der Waals surface area contributed by atoms with Crippen molar-refractivity contribution in [2.24, 2.45) is 0 Å². The van der Waals surface area contributed by atoms with E-state index in [0.717, 1.165) is 18.4 Å². The first-order valence-electron chi connectivity index (χ1n) is 6.94. The van der Waals surface area contributed by atoms with Crippen LogP contribution >= 0.6 is 11.6 Å². The molecule has 0 spiro atoms.